The normalized spacial score (nSPS) is 11.5. The second-order valence-electron chi connectivity index (χ2n) is 5.98. The van der Waals surface area contributed by atoms with E-state index in [0.29, 0.717) is 0 Å². The molecule has 0 saturated carbocycles. The number of hydrogen-bond donors (Lipinski definition) is 2. The van der Waals surface area contributed by atoms with Crippen LogP contribution in [0.3, 0.4) is 0 Å². The number of nitrogens with one attached hydrogen (secondary N) is 2. The maximum absolute atomic E-state index is 11.9. The van der Waals surface area contributed by atoms with E-state index in [-0.39, 0.29) is 28.5 Å². The number of nitroso groups, excluding NO2 is 1. The summed E-state index contributed by atoms with van der Waals surface area (Å²) in [6.45, 7) is 1.97. The van der Waals surface area contributed by atoms with Crippen molar-refractivity contribution in [1.82, 2.24) is 10.7 Å². The van der Waals surface area contributed by atoms with Gasteiger partial charge in [-0.2, -0.15) is 5.10 Å². The van der Waals surface area contributed by atoms with Gasteiger partial charge in [0.1, 0.15) is 5.71 Å². The van der Waals surface area contributed by atoms with Crippen molar-refractivity contribution in [2.45, 2.75) is 19.8 Å². The standard InChI is InChI=1S/C20H19N5O4S/c1-2-8-16(14-9-4-3-5-10-14)21-20(30)23-22-17(19(26)24-27)13-15-11-6-7-12-18(15)25(28)29/h3-12H,2,13H2,1H3,(H2,21,23,30)/b16-8-,22-17+. The van der Waals surface area contributed by atoms with Crippen LogP contribution in [0.1, 0.15) is 24.5 Å². The lowest BCUT2D eigenvalue weighted by atomic mass is 10.1. The molecule has 0 bridgehead atoms. The Balaban J connectivity index is 2.19. The van der Waals surface area contributed by atoms with Gasteiger partial charge in [0.2, 0.25) is 0 Å². The van der Waals surface area contributed by atoms with Gasteiger partial charge >= 0.3 is 5.91 Å². The van der Waals surface area contributed by atoms with Crippen molar-refractivity contribution in [3.63, 3.8) is 0 Å². The van der Waals surface area contributed by atoms with Gasteiger partial charge < -0.3 is 5.32 Å². The lowest BCUT2D eigenvalue weighted by Gasteiger charge is -2.12. The summed E-state index contributed by atoms with van der Waals surface area (Å²) in [5, 5.41) is 20.5. The molecular weight excluding hydrogens is 406 g/mol. The lowest BCUT2D eigenvalue weighted by molar-refractivity contribution is -0.385. The summed E-state index contributed by atoms with van der Waals surface area (Å²) in [7, 11) is 0. The minimum Gasteiger partial charge on any atom is -0.331 e. The average Bonchev–Trinajstić information content (AvgIpc) is 2.76. The minimum absolute atomic E-state index is 0.0808. The molecule has 0 heterocycles. The van der Waals surface area contributed by atoms with Crippen LogP contribution in [-0.2, 0) is 11.2 Å². The molecule has 0 aliphatic heterocycles. The van der Waals surface area contributed by atoms with Crippen molar-refractivity contribution in [3.8, 4) is 0 Å². The van der Waals surface area contributed by atoms with Crippen LogP contribution in [0.15, 0.2) is 71.0 Å². The van der Waals surface area contributed by atoms with Crippen LogP contribution in [0.2, 0.25) is 0 Å². The number of allylic oxidation sites excluding steroid dienone is 1. The van der Waals surface area contributed by atoms with Crippen molar-refractivity contribution < 1.29 is 9.72 Å². The van der Waals surface area contributed by atoms with E-state index in [0.717, 1.165) is 17.7 Å². The number of thiocarbonyl (C=S) groups is 1. The van der Waals surface area contributed by atoms with Crippen molar-refractivity contribution in [1.29, 1.82) is 0 Å². The second-order valence-corrected chi connectivity index (χ2v) is 6.38. The maximum Gasteiger partial charge on any atom is 0.333 e. The van der Waals surface area contributed by atoms with Crippen LogP contribution in [0.4, 0.5) is 5.69 Å². The van der Waals surface area contributed by atoms with Gasteiger partial charge in [-0.15, -0.1) is 4.91 Å². The topological polar surface area (TPSA) is 126 Å². The summed E-state index contributed by atoms with van der Waals surface area (Å²) in [6.07, 6.45) is 2.42. The number of benzene rings is 2. The molecule has 2 aromatic carbocycles. The summed E-state index contributed by atoms with van der Waals surface area (Å²) < 4.78 is 0. The molecule has 10 heteroatoms. The van der Waals surface area contributed by atoms with Gasteiger partial charge in [0.05, 0.1) is 4.92 Å². The second kappa shape index (κ2) is 11.3. The molecule has 0 aliphatic rings. The number of rotatable bonds is 8. The molecule has 9 nitrogen and oxygen atoms in total. The smallest absolute Gasteiger partial charge is 0.331 e. The molecule has 0 aromatic heterocycles. The Bertz CT molecular complexity index is 1010. The zero-order chi connectivity index (χ0) is 21.9. The molecule has 2 aromatic rings. The number of amides is 1. The van der Waals surface area contributed by atoms with Crippen molar-refractivity contribution in [2.24, 2.45) is 10.3 Å². The summed E-state index contributed by atoms with van der Waals surface area (Å²) in [5.41, 5.74) is 3.87. The van der Waals surface area contributed by atoms with E-state index >= 15 is 0 Å². The number of carbonyl (C=O) groups is 1. The first-order valence-corrected chi connectivity index (χ1v) is 9.36. The third-order valence-electron chi connectivity index (χ3n) is 3.91. The Kier molecular flexibility index (Phi) is 8.45. The zero-order valence-corrected chi connectivity index (χ0v) is 16.9. The van der Waals surface area contributed by atoms with E-state index in [1.807, 2.05) is 43.3 Å². The molecule has 0 radical (unpaired) electrons. The predicted molar refractivity (Wildman–Crippen MR) is 119 cm³/mol. The third-order valence-corrected chi connectivity index (χ3v) is 4.10. The first-order chi connectivity index (χ1) is 14.5. The molecule has 154 valence electrons. The maximum atomic E-state index is 11.9. The highest BCUT2D eigenvalue weighted by Gasteiger charge is 2.20. The van der Waals surface area contributed by atoms with Gasteiger partial charge in [-0.25, -0.2) is 0 Å². The number of nitrogens with zero attached hydrogens (tertiary/aromatic N) is 3. The van der Waals surface area contributed by atoms with Crippen molar-refractivity contribution in [2.75, 3.05) is 0 Å². The Labute approximate surface area is 178 Å². The van der Waals surface area contributed by atoms with Crippen LogP contribution >= 0.6 is 12.2 Å². The molecule has 0 saturated heterocycles. The predicted octanol–water partition coefficient (Wildman–Crippen LogP) is 3.70. The summed E-state index contributed by atoms with van der Waals surface area (Å²) >= 11 is 5.22. The number of hydrazone groups is 1. The Morgan fingerprint density at radius 3 is 2.47 bits per heavy atom. The van der Waals surface area contributed by atoms with E-state index in [4.69, 9.17) is 12.2 Å². The molecular formula is C20H19N5O4S. The fourth-order valence-corrected chi connectivity index (χ4v) is 2.72. The van der Waals surface area contributed by atoms with Gasteiger partial charge in [0.25, 0.3) is 5.69 Å². The largest absolute Gasteiger partial charge is 0.333 e. The molecule has 2 rings (SSSR count). The number of nitro benzene ring substituents is 1. The number of carbonyl (C=O) groups excluding carboxylic acids is 1. The molecule has 0 aliphatic carbocycles. The average molecular weight is 425 g/mol. The summed E-state index contributed by atoms with van der Waals surface area (Å²) in [4.78, 5) is 33.2. The van der Waals surface area contributed by atoms with Crippen LogP contribution in [0.25, 0.3) is 5.70 Å². The summed E-state index contributed by atoms with van der Waals surface area (Å²) in [6, 6.07) is 15.3. The number of nitro groups is 1. The zero-order valence-electron chi connectivity index (χ0n) is 16.1. The first kappa shape index (κ1) is 22.5. The van der Waals surface area contributed by atoms with Crippen molar-refractivity contribution in [3.05, 3.63) is 86.8 Å². The van der Waals surface area contributed by atoms with Crippen LogP contribution < -0.4 is 10.7 Å². The molecule has 0 unspecified atom stereocenters. The van der Waals surface area contributed by atoms with E-state index in [1.165, 1.54) is 18.2 Å². The minimum atomic E-state index is -1.14. The van der Waals surface area contributed by atoms with E-state index < -0.39 is 10.8 Å². The molecule has 30 heavy (non-hydrogen) atoms. The number of para-hydroxylation sites is 1. The first-order valence-electron chi connectivity index (χ1n) is 8.95. The Hall–Kier alpha value is -3.79. The van der Waals surface area contributed by atoms with Crippen molar-refractivity contribution >= 4 is 40.3 Å². The van der Waals surface area contributed by atoms with Crippen LogP contribution in [0.5, 0.6) is 0 Å². The monoisotopic (exact) mass is 425 g/mol. The van der Waals surface area contributed by atoms with Gasteiger partial charge in [-0.05, 0) is 24.2 Å². The van der Waals surface area contributed by atoms with Gasteiger partial charge in [-0.1, -0.05) is 61.5 Å². The van der Waals surface area contributed by atoms with Gasteiger partial charge in [0.15, 0.2) is 5.11 Å². The fraction of sp³-hybridized carbons (Fsp3) is 0.150. The van der Waals surface area contributed by atoms with E-state index in [1.54, 1.807) is 6.07 Å². The number of hydrogen-bond acceptors (Lipinski definition) is 6. The summed E-state index contributed by atoms with van der Waals surface area (Å²) in [5.74, 6) is -1.14. The van der Waals surface area contributed by atoms with E-state index in [2.05, 4.69) is 21.0 Å². The molecule has 0 atom stereocenters. The van der Waals surface area contributed by atoms with Crippen LogP contribution in [0, 0.1) is 15.0 Å². The quantitative estimate of drug-likeness (QED) is 0.217. The lowest BCUT2D eigenvalue weighted by Crippen LogP contribution is -2.32. The Morgan fingerprint density at radius 1 is 1.17 bits per heavy atom. The van der Waals surface area contributed by atoms with Crippen LogP contribution in [-0.4, -0.2) is 21.7 Å². The highest BCUT2D eigenvalue weighted by molar-refractivity contribution is 7.80. The van der Waals surface area contributed by atoms with Gasteiger partial charge in [0, 0.05) is 28.9 Å². The SMILES string of the molecule is CC/C=C(\NC(=S)N/N=C(\Cc1ccccc1[N+](=O)[O-])C(=O)N=O)c1ccccc1. The van der Waals surface area contributed by atoms with E-state index in [9.17, 15) is 19.8 Å². The third kappa shape index (κ3) is 6.38. The molecule has 0 fully saturated rings. The fourth-order valence-electron chi connectivity index (χ4n) is 2.57. The molecule has 0 spiro atoms. The highest BCUT2D eigenvalue weighted by Crippen LogP contribution is 2.19. The highest BCUT2D eigenvalue weighted by atomic mass is 32.1. The molecule has 2 N–H and O–H groups in total. The molecule has 1 amide bonds. The Morgan fingerprint density at radius 2 is 1.83 bits per heavy atom. The van der Waals surface area contributed by atoms with Gasteiger partial charge in [-0.3, -0.25) is 20.3 Å².